The predicted molar refractivity (Wildman–Crippen MR) is 85.0 cm³/mol. The van der Waals surface area contributed by atoms with E-state index in [0.29, 0.717) is 5.69 Å². The average molecular weight is 272 g/mol. The molecule has 0 aliphatic heterocycles. The molecule has 1 aromatic heterocycles. The lowest BCUT2D eigenvalue weighted by molar-refractivity contribution is 0.210. The second-order valence-electron chi connectivity index (χ2n) is 5.34. The fraction of sp³-hybridized carbons (Fsp3) is 0.471. The van der Waals surface area contributed by atoms with E-state index in [9.17, 15) is 0 Å². The number of ether oxygens (including phenoxy) is 1. The van der Waals surface area contributed by atoms with Crippen LogP contribution in [0.5, 0.6) is 5.75 Å². The van der Waals surface area contributed by atoms with Gasteiger partial charge in [0.25, 0.3) is 0 Å². The first kappa shape index (κ1) is 14.6. The summed E-state index contributed by atoms with van der Waals surface area (Å²) in [6.07, 6.45) is 7.97. The number of aromatic nitrogens is 1. The van der Waals surface area contributed by atoms with Gasteiger partial charge in [0, 0.05) is 5.39 Å². The molecule has 1 aromatic carbocycles. The molecule has 20 heavy (non-hydrogen) atoms. The third-order valence-electron chi connectivity index (χ3n) is 3.54. The number of anilines is 1. The van der Waals surface area contributed by atoms with E-state index >= 15 is 0 Å². The smallest absolute Gasteiger partial charge is 0.153 e. The molecule has 2 rings (SSSR count). The van der Waals surface area contributed by atoms with Crippen LogP contribution in [0, 0.1) is 0 Å². The van der Waals surface area contributed by atoms with Crippen molar-refractivity contribution in [1.82, 2.24) is 4.98 Å². The summed E-state index contributed by atoms with van der Waals surface area (Å²) in [5, 5.41) is 0.993. The van der Waals surface area contributed by atoms with E-state index in [0.717, 1.165) is 23.1 Å². The van der Waals surface area contributed by atoms with Crippen molar-refractivity contribution in [1.29, 1.82) is 0 Å². The number of para-hydroxylation sites is 1. The molecule has 0 radical (unpaired) electrons. The van der Waals surface area contributed by atoms with Crippen LogP contribution < -0.4 is 10.5 Å². The minimum Gasteiger partial charge on any atom is -0.488 e. The van der Waals surface area contributed by atoms with Gasteiger partial charge in [-0.25, -0.2) is 0 Å². The topological polar surface area (TPSA) is 48.1 Å². The van der Waals surface area contributed by atoms with Gasteiger partial charge >= 0.3 is 0 Å². The Balaban J connectivity index is 2.06. The summed E-state index contributed by atoms with van der Waals surface area (Å²) in [5.41, 5.74) is 7.56. The van der Waals surface area contributed by atoms with Gasteiger partial charge in [-0.3, -0.25) is 4.98 Å². The van der Waals surface area contributed by atoms with Gasteiger partial charge < -0.3 is 10.5 Å². The summed E-state index contributed by atoms with van der Waals surface area (Å²) in [4.78, 5) is 4.33. The maximum atomic E-state index is 6.07. The Morgan fingerprint density at radius 1 is 1.20 bits per heavy atom. The van der Waals surface area contributed by atoms with Crippen LogP contribution in [0.25, 0.3) is 10.9 Å². The summed E-state index contributed by atoms with van der Waals surface area (Å²) in [7, 11) is 0. The van der Waals surface area contributed by atoms with Crippen molar-refractivity contribution < 1.29 is 4.74 Å². The fourth-order valence-electron chi connectivity index (χ4n) is 2.38. The lowest BCUT2D eigenvalue weighted by Crippen LogP contribution is -2.13. The van der Waals surface area contributed by atoms with Crippen LogP contribution in [0.15, 0.2) is 30.5 Å². The van der Waals surface area contributed by atoms with E-state index in [-0.39, 0.29) is 6.10 Å². The molecule has 0 saturated carbocycles. The van der Waals surface area contributed by atoms with Crippen molar-refractivity contribution in [2.75, 3.05) is 5.73 Å². The van der Waals surface area contributed by atoms with Crippen molar-refractivity contribution >= 4 is 16.6 Å². The molecule has 0 fully saturated rings. The Morgan fingerprint density at radius 3 is 2.80 bits per heavy atom. The molecule has 3 nitrogen and oxygen atoms in total. The molecule has 2 aromatic rings. The number of benzene rings is 1. The summed E-state index contributed by atoms with van der Waals surface area (Å²) in [6, 6.07) is 7.96. The Hall–Kier alpha value is -1.77. The molecule has 3 heteroatoms. The molecule has 0 bridgehead atoms. The van der Waals surface area contributed by atoms with Gasteiger partial charge in [-0.15, -0.1) is 0 Å². The minimum absolute atomic E-state index is 0.181. The van der Waals surface area contributed by atoms with Crippen LogP contribution in [0.4, 0.5) is 5.69 Å². The molecule has 0 spiro atoms. The lowest BCUT2D eigenvalue weighted by Gasteiger charge is -2.17. The number of nitrogens with two attached hydrogens (primary N) is 1. The number of pyridine rings is 1. The molecule has 2 N–H and O–H groups in total. The van der Waals surface area contributed by atoms with Gasteiger partial charge in [0.15, 0.2) is 5.75 Å². The van der Waals surface area contributed by atoms with Gasteiger partial charge in [-0.2, -0.15) is 0 Å². The number of rotatable bonds is 7. The van der Waals surface area contributed by atoms with Crippen LogP contribution in [0.2, 0.25) is 0 Å². The zero-order valence-electron chi connectivity index (χ0n) is 12.4. The third-order valence-corrected chi connectivity index (χ3v) is 3.54. The van der Waals surface area contributed by atoms with Crippen LogP contribution in [0.3, 0.4) is 0 Å². The Bertz CT molecular complexity index is 554. The fourth-order valence-corrected chi connectivity index (χ4v) is 2.38. The molecule has 1 atom stereocenters. The van der Waals surface area contributed by atoms with Gasteiger partial charge in [0.05, 0.1) is 23.5 Å². The van der Waals surface area contributed by atoms with E-state index in [1.807, 2.05) is 24.3 Å². The molecule has 0 saturated heterocycles. The quantitative estimate of drug-likeness (QED) is 0.752. The lowest BCUT2D eigenvalue weighted by atomic mass is 10.1. The Labute approximate surface area is 121 Å². The number of hydrogen-bond acceptors (Lipinski definition) is 3. The first-order valence-electron chi connectivity index (χ1n) is 7.52. The van der Waals surface area contributed by atoms with Crippen molar-refractivity contribution in [2.45, 2.75) is 52.1 Å². The highest BCUT2D eigenvalue weighted by Gasteiger charge is 2.11. The van der Waals surface area contributed by atoms with Gasteiger partial charge in [0.2, 0.25) is 0 Å². The molecule has 1 heterocycles. The predicted octanol–water partition coefficient (Wildman–Crippen LogP) is 4.55. The number of hydrogen-bond donors (Lipinski definition) is 1. The van der Waals surface area contributed by atoms with E-state index in [1.165, 1.54) is 25.7 Å². The monoisotopic (exact) mass is 272 g/mol. The van der Waals surface area contributed by atoms with E-state index in [2.05, 4.69) is 18.8 Å². The maximum Gasteiger partial charge on any atom is 0.153 e. The molecule has 0 aliphatic carbocycles. The van der Waals surface area contributed by atoms with Crippen LogP contribution >= 0.6 is 0 Å². The van der Waals surface area contributed by atoms with Crippen molar-refractivity contribution in [3.8, 4) is 5.75 Å². The molecule has 0 aliphatic rings. The first-order chi connectivity index (χ1) is 9.72. The van der Waals surface area contributed by atoms with Gasteiger partial charge in [-0.1, -0.05) is 38.3 Å². The van der Waals surface area contributed by atoms with Crippen molar-refractivity contribution in [3.05, 3.63) is 30.5 Å². The summed E-state index contributed by atoms with van der Waals surface area (Å²) >= 11 is 0. The van der Waals surface area contributed by atoms with E-state index < -0.39 is 0 Å². The standard InChI is InChI=1S/C17H24N2O/c1-3-4-5-6-9-13(2)20-17-14-10-7-8-11-16(14)19-12-15(17)18/h7-8,10-13H,3-6,9,18H2,1-2H3. The normalized spacial score (nSPS) is 12.5. The van der Waals surface area contributed by atoms with Gasteiger partial charge in [-0.05, 0) is 31.9 Å². The van der Waals surface area contributed by atoms with Crippen LogP contribution in [0.1, 0.15) is 46.0 Å². The van der Waals surface area contributed by atoms with E-state index in [1.54, 1.807) is 6.20 Å². The molecule has 0 amide bonds. The summed E-state index contributed by atoms with van der Waals surface area (Å²) in [6.45, 7) is 4.34. The molecule has 1 unspecified atom stereocenters. The SMILES string of the molecule is CCCCCCC(C)Oc1c(N)cnc2ccccc12. The number of nitrogens with zero attached hydrogens (tertiary/aromatic N) is 1. The molecular formula is C17H24N2O. The maximum absolute atomic E-state index is 6.07. The Kier molecular flexibility index (Phi) is 5.22. The first-order valence-corrected chi connectivity index (χ1v) is 7.52. The third kappa shape index (κ3) is 3.62. The number of fused-ring (bicyclic) bond motifs is 1. The second-order valence-corrected chi connectivity index (χ2v) is 5.34. The van der Waals surface area contributed by atoms with E-state index in [4.69, 9.17) is 10.5 Å². The van der Waals surface area contributed by atoms with Crippen molar-refractivity contribution in [3.63, 3.8) is 0 Å². The Morgan fingerprint density at radius 2 is 2.00 bits per heavy atom. The highest BCUT2D eigenvalue weighted by molar-refractivity contribution is 5.89. The zero-order chi connectivity index (χ0) is 14.4. The van der Waals surface area contributed by atoms with Crippen LogP contribution in [-0.2, 0) is 0 Å². The minimum atomic E-state index is 0.181. The van der Waals surface area contributed by atoms with Crippen LogP contribution in [-0.4, -0.2) is 11.1 Å². The highest BCUT2D eigenvalue weighted by Crippen LogP contribution is 2.31. The largest absolute Gasteiger partial charge is 0.488 e. The zero-order valence-corrected chi connectivity index (χ0v) is 12.4. The summed E-state index contributed by atoms with van der Waals surface area (Å²) < 4.78 is 6.07. The van der Waals surface area contributed by atoms with Crippen molar-refractivity contribution in [2.24, 2.45) is 0 Å². The second kappa shape index (κ2) is 7.13. The number of nitrogen functional groups attached to an aromatic ring is 1. The molecule has 108 valence electrons. The number of unbranched alkanes of at least 4 members (excludes halogenated alkanes) is 3. The highest BCUT2D eigenvalue weighted by atomic mass is 16.5. The summed E-state index contributed by atoms with van der Waals surface area (Å²) in [5.74, 6) is 0.776. The van der Waals surface area contributed by atoms with Gasteiger partial charge in [0.1, 0.15) is 0 Å². The molecular weight excluding hydrogens is 248 g/mol. The average Bonchev–Trinajstić information content (AvgIpc) is 2.47.